The maximum Gasteiger partial charge on any atom is 0.125 e. The standard InChI is InChI=1S/C14H15ClN2O2/c1-19-13-5-2-9(15)6-11(13)14(18)12-7-16-8-17(12)10-3-4-10/h2,5-8,10,14,18H,3-4H2,1H3. The summed E-state index contributed by atoms with van der Waals surface area (Å²) in [6, 6.07) is 5.71. The van der Waals surface area contributed by atoms with Crippen LogP contribution in [0.15, 0.2) is 30.7 Å². The first-order valence-corrected chi connectivity index (χ1v) is 6.61. The Hall–Kier alpha value is -1.52. The van der Waals surface area contributed by atoms with Gasteiger partial charge in [-0.25, -0.2) is 4.98 Å². The Morgan fingerprint density at radius 3 is 2.95 bits per heavy atom. The van der Waals surface area contributed by atoms with Crippen molar-refractivity contribution in [2.24, 2.45) is 0 Å². The average Bonchev–Trinajstić information content (AvgIpc) is 3.15. The third kappa shape index (κ3) is 2.33. The second-order valence-corrected chi connectivity index (χ2v) is 5.18. The van der Waals surface area contributed by atoms with E-state index < -0.39 is 6.10 Å². The second kappa shape index (κ2) is 4.87. The summed E-state index contributed by atoms with van der Waals surface area (Å²) in [4.78, 5) is 4.14. The lowest BCUT2D eigenvalue weighted by Crippen LogP contribution is -2.08. The van der Waals surface area contributed by atoms with Crippen molar-refractivity contribution in [1.29, 1.82) is 0 Å². The molecule has 0 aliphatic heterocycles. The summed E-state index contributed by atoms with van der Waals surface area (Å²) < 4.78 is 7.32. The lowest BCUT2D eigenvalue weighted by atomic mass is 10.1. The number of rotatable bonds is 4. The molecule has 1 N–H and O–H groups in total. The van der Waals surface area contributed by atoms with E-state index in [0.29, 0.717) is 22.4 Å². The first kappa shape index (κ1) is 12.5. The molecule has 0 amide bonds. The maximum absolute atomic E-state index is 10.6. The van der Waals surface area contributed by atoms with E-state index in [0.717, 1.165) is 18.5 Å². The van der Waals surface area contributed by atoms with Gasteiger partial charge in [0.15, 0.2) is 0 Å². The van der Waals surface area contributed by atoms with E-state index in [1.54, 1.807) is 37.8 Å². The van der Waals surface area contributed by atoms with Crippen molar-refractivity contribution >= 4 is 11.6 Å². The molecule has 1 heterocycles. The van der Waals surface area contributed by atoms with Crippen molar-refractivity contribution in [3.63, 3.8) is 0 Å². The van der Waals surface area contributed by atoms with E-state index in [4.69, 9.17) is 16.3 Å². The Morgan fingerprint density at radius 1 is 1.47 bits per heavy atom. The highest BCUT2D eigenvalue weighted by molar-refractivity contribution is 6.30. The molecule has 1 unspecified atom stereocenters. The minimum absolute atomic E-state index is 0.470. The van der Waals surface area contributed by atoms with Gasteiger partial charge in [0, 0.05) is 16.6 Å². The molecule has 1 aliphatic carbocycles. The maximum atomic E-state index is 10.6. The van der Waals surface area contributed by atoms with E-state index in [1.807, 2.05) is 4.57 Å². The molecule has 19 heavy (non-hydrogen) atoms. The monoisotopic (exact) mass is 278 g/mol. The third-order valence-electron chi connectivity index (χ3n) is 3.40. The highest BCUT2D eigenvalue weighted by Crippen LogP contribution is 2.39. The Morgan fingerprint density at radius 2 is 2.26 bits per heavy atom. The first-order chi connectivity index (χ1) is 9.20. The van der Waals surface area contributed by atoms with Crippen molar-refractivity contribution in [3.05, 3.63) is 47.0 Å². The molecule has 0 saturated heterocycles. The van der Waals surface area contributed by atoms with Crippen LogP contribution in [0.5, 0.6) is 5.75 Å². The molecule has 3 rings (SSSR count). The highest BCUT2D eigenvalue weighted by Gasteiger charge is 2.28. The van der Waals surface area contributed by atoms with Crippen LogP contribution in [0.2, 0.25) is 5.02 Å². The van der Waals surface area contributed by atoms with Gasteiger partial charge in [0.1, 0.15) is 11.9 Å². The van der Waals surface area contributed by atoms with Crippen molar-refractivity contribution < 1.29 is 9.84 Å². The van der Waals surface area contributed by atoms with Gasteiger partial charge in [0.05, 0.1) is 25.3 Å². The van der Waals surface area contributed by atoms with Crippen LogP contribution >= 0.6 is 11.6 Å². The lowest BCUT2D eigenvalue weighted by molar-refractivity contribution is 0.204. The smallest absolute Gasteiger partial charge is 0.125 e. The molecule has 1 atom stereocenters. The fraction of sp³-hybridized carbons (Fsp3) is 0.357. The van der Waals surface area contributed by atoms with Gasteiger partial charge in [-0.15, -0.1) is 0 Å². The first-order valence-electron chi connectivity index (χ1n) is 6.24. The lowest BCUT2D eigenvalue weighted by Gasteiger charge is -2.17. The van der Waals surface area contributed by atoms with Crippen molar-refractivity contribution in [2.75, 3.05) is 7.11 Å². The highest BCUT2D eigenvalue weighted by atomic mass is 35.5. The van der Waals surface area contributed by atoms with Gasteiger partial charge in [0.2, 0.25) is 0 Å². The van der Waals surface area contributed by atoms with Gasteiger partial charge in [-0.2, -0.15) is 0 Å². The molecule has 1 aromatic carbocycles. The number of methoxy groups -OCH3 is 1. The molecule has 100 valence electrons. The van der Waals surface area contributed by atoms with Crippen LogP contribution in [0.3, 0.4) is 0 Å². The van der Waals surface area contributed by atoms with Crippen LogP contribution in [0.25, 0.3) is 0 Å². The van der Waals surface area contributed by atoms with E-state index in [-0.39, 0.29) is 0 Å². The number of imidazole rings is 1. The molecule has 4 nitrogen and oxygen atoms in total. The summed E-state index contributed by atoms with van der Waals surface area (Å²) >= 11 is 6.00. The van der Waals surface area contributed by atoms with Crippen molar-refractivity contribution in [3.8, 4) is 5.75 Å². The quantitative estimate of drug-likeness (QED) is 0.935. The number of aromatic nitrogens is 2. The minimum atomic E-state index is -0.781. The number of halogens is 1. The summed E-state index contributed by atoms with van der Waals surface area (Å²) in [5.74, 6) is 0.625. The average molecular weight is 279 g/mol. The van der Waals surface area contributed by atoms with Crippen LogP contribution in [-0.4, -0.2) is 21.8 Å². The van der Waals surface area contributed by atoms with Gasteiger partial charge in [0.25, 0.3) is 0 Å². The molecule has 1 aliphatic rings. The van der Waals surface area contributed by atoms with Crippen LogP contribution in [-0.2, 0) is 0 Å². The summed E-state index contributed by atoms with van der Waals surface area (Å²) in [5, 5.41) is 11.2. The predicted molar refractivity (Wildman–Crippen MR) is 72.6 cm³/mol. The second-order valence-electron chi connectivity index (χ2n) is 4.75. The van der Waals surface area contributed by atoms with E-state index in [1.165, 1.54) is 0 Å². The molecule has 2 aromatic rings. The molecule has 0 bridgehead atoms. The predicted octanol–water partition coefficient (Wildman–Crippen LogP) is 2.96. The molecular formula is C14H15ClN2O2. The summed E-state index contributed by atoms with van der Waals surface area (Å²) in [7, 11) is 1.58. The SMILES string of the molecule is COc1ccc(Cl)cc1C(O)c1cncn1C1CC1. The van der Waals surface area contributed by atoms with E-state index in [9.17, 15) is 5.11 Å². The number of nitrogens with zero attached hydrogens (tertiary/aromatic N) is 2. The number of aliphatic hydroxyl groups excluding tert-OH is 1. The normalized spacial score (nSPS) is 16.4. The third-order valence-corrected chi connectivity index (χ3v) is 3.64. The van der Waals surface area contributed by atoms with Crippen LogP contribution in [0.1, 0.15) is 36.2 Å². The summed E-state index contributed by atoms with van der Waals surface area (Å²) in [6.45, 7) is 0. The molecule has 5 heteroatoms. The van der Waals surface area contributed by atoms with Crippen LogP contribution < -0.4 is 4.74 Å². The summed E-state index contributed by atoms with van der Waals surface area (Å²) in [6.07, 6.45) is 4.97. The Balaban J connectivity index is 2.00. The fourth-order valence-electron chi connectivity index (χ4n) is 2.26. The molecule has 1 aromatic heterocycles. The Kier molecular flexibility index (Phi) is 3.21. The van der Waals surface area contributed by atoms with Crippen LogP contribution in [0.4, 0.5) is 0 Å². The van der Waals surface area contributed by atoms with Gasteiger partial charge in [-0.3, -0.25) is 0 Å². The van der Waals surface area contributed by atoms with Gasteiger partial charge < -0.3 is 14.4 Å². The topological polar surface area (TPSA) is 47.3 Å². The zero-order valence-electron chi connectivity index (χ0n) is 10.6. The molecule has 1 fully saturated rings. The van der Waals surface area contributed by atoms with Gasteiger partial charge in [-0.05, 0) is 31.0 Å². The fourth-order valence-corrected chi connectivity index (χ4v) is 2.44. The number of aliphatic hydroxyl groups is 1. The number of ether oxygens (including phenoxy) is 1. The molecule has 0 spiro atoms. The minimum Gasteiger partial charge on any atom is -0.496 e. The number of hydrogen-bond donors (Lipinski definition) is 1. The number of benzene rings is 1. The zero-order valence-corrected chi connectivity index (χ0v) is 11.3. The molecule has 1 saturated carbocycles. The van der Waals surface area contributed by atoms with E-state index in [2.05, 4.69) is 4.98 Å². The Labute approximate surface area is 116 Å². The Bertz CT molecular complexity index is 593. The largest absolute Gasteiger partial charge is 0.496 e. The number of hydrogen-bond acceptors (Lipinski definition) is 3. The van der Waals surface area contributed by atoms with Gasteiger partial charge in [-0.1, -0.05) is 11.6 Å². The molecule has 0 radical (unpaired) electrons. The van der Waals surface area contributed by atoms with E-state index >= 15 is 0 Å². The van der Waals surface area contributed by atoms with Crippen molar-refractivity contribution in [2.45, 2.75) is 25.0 Å². The zero-order chi connectivity index (χ0) is 13.4. The summed E-state index contributed by atoms with van der Waals surface area (Å²) in [5.41, 5.74) is 1.44. The molecular weight excluding hydrogens is 264 g/mol. The van der Waals surface area contributed by atoms with Gasteiger partial charge >= 0.3 is 0 Å². The van der Waals surface area contributed by atoms with Crippen molar-refractivity contribution in [1.82, 2.24) is 9.55 Å². The van der Waals surface area contributed by atoms with Crippen LogP contribution in [0, 0.1) is 0 Å².